The summed E-state index contributed by atoms with van der Waals surface area (Å²) in [5, 5.41) is 4.40. The summed E-state index contributed by atoms with van der Waals surface area (Å²) >= 11 is 1.72. The van der Waals surface area contributed by atoms with Crippen LogP contribution in [0.2, 0.25) is 0 Å². The lowest BCUT2D eigenvalue weighted by Gasteiger charge is -2.05. The third-order valence-electron chi connectivity index (χ3n) is 3.34. The van der Waals surface area contributed by atoms with Gasteiger partial charge in [0, 0.05) is 22.5 Å². The highest BCUT2D eigenvalue weighted by atomic mass is 32.1. The van der Waals surface area contributed by atoms with Crippen LogP contribution in [0.4, 0.5) is 0 Å². The first-order valence-corrected chi connectivity index (χ1v) is 7.66. The zero-order chi connectivity index (χ0) is 13.9. The summed E-state index contributed by atoms with van der Waals surface area (Å²) < 4.78 is 2.10. The molecule has 2 heterocycles. The highest BCUT2D eigenvalue weighted by Gasteiger charge is 2.08. The summed E-state index contributed by atoms with van der Waals surface area (Å²) in [5.41, 5.74) is 2.79. The molecule has 0 N–H and O–H groups in total. The molecule has 0 atom stereocenters. The molecule has 0 spiro atoms. The van der Waals surface area contributed by atoms with E-state index in [0.717, 1.165) is 41.3 Å². The number of carbonyl (C=O) groups excluding carboxylic acids is 1. The van der Waals surface area contributed by atoms with E-state index in [4.69, 9.17) is 0 Å². The van der Waals surface area contributed by atoms with Crippen LogP contribution in [0.5, 0.6) is 0 Å². The molecule has 102 valence electrons. The number of benzene rings is 1. The van der Waals surface area contributed by atoms with E-state index in [9.17, 15) is 4.79 Å². The smallest absolute Gasteiger partial charge is 0.152 e. The van der Waals surface area contributed by atoms with Crippen molar-refractivity contribution < 1.29 is 4.79 Å². The van der Waals surface area contributed by atoms with Gasteiger partial charge in [-0.1, -0.05) is 19.1 Å². The Morgan fingerprint density at radius 2 is 2.25 bits per heavy atom. The van der Waals surface area contributed by atoms with Gasteiger partial charge in [0.2, 0.25) is 0 Å². The van der Waals surface area contributed by atoms with E-state index in [0.29, 0.717) is 6.54 Å². The molecule has 20 heavy (non-hydrogen) atoms. The van der Waals surface area contributed by atoms with Gasteiger partial charge >= 0.3 is 0 Å². The number of aldehydes is 1. The van der Waals surface area contributed by atoms with Crippen molar-refractivity contribution in [3.05, 3.63) is 52.1 Å². The number of hydrogen-bond donors (Lipinski definition) is 0. The van der Waals surface area contributed by atoms with E-state index in [-0.39, 0.29) is 0 Å². The maximum absolute atomic E-state index is 11.2. The minimum Gasteiger partial charge on any atom is -0.341 e. The molecule has 0 fully saturated rings. The van der Waals surface area contributed by atoms with Crippen LogP contribution in [0.3, 0.4) is 0 Å². The number of thiazole rings is 1. The van der Waals surface area contributed by atoms with Crippen molar-refractivity contribution in [3.8, 4) is 0 Å². The highest BCUT2D eigenvalue weighted by Crippen LogP contribution is 2.21. The van der Waals surface area contributed by atoms with Crippen molar-refractivity contribution in [2.45, 2.75) is 26.3 Å². The summed E-state index contributed by atoms with van der Waals surface area (Å²) in [6, 6.07) is 7.85. The number of hydrogen-bond acceptors (Lipinski definition) is 3. The van der Waals surface area contributed by atoms with Gasteiger partial charge in [0.25, 0.3) is 0 Å². The second kappa shape index (κ2) is 5.59. The first-order chi connectivity index (χ1) is 9.81. The number of aromatic nitrogens is 2. The van der Waals surface area contributed by atoms with Crippen LogP contribution >= 0.6 is 11.3 Å². The summed E-state index contributed by atoms with van der Waals surface area (Å²) in [5.74, 6) is 0. The summed E-state index contributed by atoms with van der Waals surface area (Å²) in [7, 11) is 0. The van der Waals surface area contributed by atoms with Gasteiger partial charge in [0.1, 0.15) is 0 Å². The van der Waals surface area contributed by atoms with Crippen molar-refractivity contribution in [1.82, 2.24) is 9.55 Å². The Kier molecular flexibility index (Phi) is 3.65. The monoisotopic (exact) mass is 284 g/mol. The van der Waals surface area contributed by atoms with Gasteiger partial charge in [-0.2, -0.15) is 0 Å². The standard InChI is InChI=1S/C16H16N2OS/c1-2-4-15-17-14(11-20-15)9-18-8-7-12-5-3-6-13(10-19)16(12)18/h3,5-8,10-11H,2,4,9H2,1H3. The largest absolute Gasteiger partial charge is 0.341 e. The maximum atomic E-state index is 11.2. The fourth-order valence-corrected chi connectivity index (χ4v) is 3.33. The van der Waals surface area contributed by atoms with Crippen LogP contribution in [0.15, 0.2) is 35.8 Å². The van der Waals surface area contributed by atoms with Crippen molar-refractivity contribution in [1.29, 1.82) is 0 Å². The fourth-order valence-electron chi connectivity index (χ4n) is 2.44. The first-order valence-electron chi connectivity index (χ1n) is 6.78. The molecule has 0 amide bonds. The van der Waals surface area contributed by atoms with Gasteiger partial charge < -0.3 is 4.57 Å². The molecule has 0 aliphatic rings. The highest BCUT2D eigenvalue weighted by molar-refractivity contribution is 7.09. The van der Waals surface area contributed by atoms with E-state index >= 15 is 0 Å². The van der Waals surface area contributed by atoms with Gasteiger partial charge in [-0.05, 0) is 25.0 Å². The molecular formula is C16H16N2OS. The molecule has 3 aromatic rings. The van der Waals surface area contributed by atoms with Crippen molar-refractivity contribution in [2.24, 2.45) is 0 Å². The number of para-hydroxylation sites is 1. The Morgan fingerprint density at radius 1 is 1.35 bits per heavy atom. The van der Waals surface area contributed by atoms with Crippen LogP contribution in [0, 0.1) is 0 Å². The van der Waals surface area contributed by atoms with E-state index in [1.54, 1.807) is 11.3 Å². The lowest BCUT2D eigenvalue weighted by atomic mass is 10.1. The average Bonchev–Trinajstić information content (AvgIpc) is 3.07. The Bertz CT molecular complexity index is 742. The summed E-state index contributed by atoms with van der Waals surface area (Å²) in [4.78, 5) is 15.8. The van der Waals surface area contributed by atoms with E-state index < -0.39 is 0 Å². The second-order valence-electron chi connectivity index (χ2n) is 4.83. The van der Waals surface area contributed by atoms with Gasteiger partial charge in [0.05, 0.1) is 22.8 Å². The minimum atomic E-state index is 0.717. The van der Waals surface area contributed by atoms with Crippen LogP contribution < -0.4 is 0 Å². The Labute approximate surface area is 121 Å². The minimum absolute atomic E-state index is 0.717. The van der Waals surface area contributed by atoms with Crippen LogP contribution in [0.1, 0.15) is 34.4 Å². The molecule has 0 bridgehead atoms. The van der Waals surface area contributed by atoms with Crippen molar-refractivity contribution >= 4 is 28.5 Å². The summed E-state index contributed by atoms with van der Waals surface area (Å²) in [6.45, 7) is 2.88. The van der Waals surface area contributed by atoms with Crippen LogP contribution in [-0.2, 0) is 13.0 Å². The zero-order valence-electron chi connectivity index (χ0n) is 11.4. The number of carbonyl (C=O) groups is 1. The predicted octanol–water partition coefficient (Wildman–Crippen LogP) is 3.91. The van der Waals surface area contributed by atoms with Crippen LogP contribution in [-0.4, -0.2) is 15.8 Å². The average molecular weight is 284 g/mol. The number of rotatable bonds is 5. The van der Waals surface area contributed by atoms with E-state index in [1.165, 1.54) is 5.01 Å². The van der Waals surface area contributed by atoms with E-state index in [2.05, 4.69) is 21.9 Å². The van der Waals surface area contributed by atoms with Crippen molar-refractivity contribution in [3.63, 3.8) is 0 Å². The number of nitrogens with zero attached hydrogens (tertiary/aromatic N) is 2. The summed E-state index contributed by atoms with van der Waals surface area (Å²) in [6.07, 6.45) is 5.10. The molecule has 3 rings (SSSR count). The van der Waals surface area contributed by atoms with Gasteiger partial charge in [-0.15, -0.1) is 11.3 Å². The van der Waals surface area contributed by atoms with Crippen LogP contribution in [0.25, 0.3) is 10.9 Å². The molecule has 0 saturated heterocycles. The van der Waals surface area contributed by atoms with Crippen molar-refractivity contribution in [2.75, 3.05) is 0 Å². The Morgan fingerprint density at radius 3 is 3.05 bits per heavy atom. The molecule has 0 aliphatic heterocycles. The molecular weight excluding hydrogens is 268 g/mol. The molecule has 3 nitrogen and oxygen atoms in total. The second-order valence-corrected chi connectivity index (χ2v) is 5.77. The molecule has 4 heteroatoms. The lowest BCUT2D eigenvalue weighted by molar-refractivity contribution is 0.112. The fraction of sp³-hybridized carbons (Fsp3) is 0.250. The lowest BCUT2D eigenvalue weighted by Crippen LogP contribution is -2.00. The Balaban J connectivity index is 1.95. The van der Waals surface area contributed by atoms with E-state index in [1.807, 2.05) is 30.5 Å². The molecule has 0 radical (unpaired) electrons. The molecule has 1 aromatic carbocycles. The van der Waals surface area contributed by atoms with Gasteiger partial charge in [0.15, 0.2) is 6.29 Å². The zero-order valence-corrected chi connectivity index (χ0v) is 12.2. The SMILES string of the molecule is CCCc1nc(Cn2ccc3cccc(C=O)c32)cs1. The molecule has 0 saturated carbocycles. The normalized spacial score (nSPS) is 11.1. The first kappa shape index (κ1) is 13.1. The number of aryl methyl sites for hydroxylation is 1. The quantitative estimate of drug-likeness (QED) is 0.666. The maximum Gasteiger partial charge on any atom is 0.152 e. The van der Waals surface area contributed by atoms with Gasteiger partial charge in [-0.25, -0.2) is 4.98 Å². The molecule has 0 unspecified atom stereocenters. The number of fused-ring (bicyclic) bond motifs is 1. The topological polar surface area (TPSA) is 34.9 Å². The van der Waals surface area contributed by atoms with Gasteiger partial charge in [-0.3, -0.25) is 4.79 Å². The molecule has 0 aliphatic carbocycles. The third kappa shape index (κ3) is 2.39. The third-order valence-corrected chi connectivity index (χ3v) is 4.30. The Hall–Kier alpha value is -1.94. The molecule has 2 aromatic heterocycles. The predicted molar refractivity (Wildman–Crippen MR) is 82.5 cm³/mol.